The van der Waals surface area contributed by atoms with Crippen LogP contribution >= 0.6 is 11.6 Å². The van der Waals surface area contributed by atoms with Gasteiger partial charge in [-0.05, 0) is 48.5 Å². The first-order valence-electron chi connectivity index (χ1n) is 8.80. The van der Waals surface area contributed by atoms with Gasteiger partial charge in [0.1, 0.15) is 5.75 Å². The lowest BCUT2D eigenvalue weighted by Crippen LogP contribution is -2.48. The van der Waals surface area contributed by atoms with Crippen molar-refractivity contribution in [3.63, 3.8) is 0 Å². The predicted octanol–water partition coefficient (Wildman–Crippen LogP) is 3.03. The Morgan fingerprint density at radius 2 is 1.63 bits per heavy atom. The van der Waals surface area contributed by atoms with Crippen molar-refractivity contribution in [2.45, 2.75) is 6.92 Å². The molecule has 1 aliphatic rings. The third-order valence-corrected chi connectivity index (χ3v) is 4.68. The van der Waals surface area contributed by atoms with Gasteiger partial charge in [-0.3, -0.25) is 9.59 Å². The van der Waals surface area contributed by atoms with Gasteiger partial charge in [0.25, 0.3) is 5.91 Å². The fourth-order valence-electron chi connectivity index (χ4n) is 2.91. The zero-order valence-electron chi connectivity index (χ0n) is 15.2. The van der Waals surface area contributed by atoms with Crippen LogP contribution in [-0.4, -0.2) is 49.5 Å². The highest BCUT2D eigenvalue weighted by atomic mass is 35.5. The van der Waals surface area contributed by atoms with E-state index in [1.807, 2.05) is 29.2 Å². The molecule has 0 aromatic heterocycles. The molecule has 7 heteroatoms. The summed E-state index contributed by atoms with van der Waals surface area (Å²) in [4.78, 5) is 27.5. The molecule has 0 aliphatic carbocycles. The van der Waals surface area contributed by atoms with E-state index in [2.05, 4.69) is 10.2 Å². The van der Waals surface area contributed by atoms with Crippen molar-refractivity contribution in [1.29, 1.82) is 0 Å². The molecule has 1 fully saturated rings. The number of hydrogen-bond donors (Lipinski definition) is 1. The van der Waals surface area contributed by atoms with Crippen molar-refractivity contribution >= 4 is 34.8 Å². The van der Waals surface area contributed by atoms with Crippen LogP contribution in [-0.2, 0) is 9.59 Å². The number of nitrogens with zero attached hydrogens (tertiary/aromatic N) is 2. The lowest BCUT2D eigenvalue weighted by atomic mass is 10.2. The molecule has 6 nitrogen and oxygen atoms in total. The summed E-state index contributed by atoms with van der Waals surface area (Å²) in [5.41, 5.74) is 1.79. The van der Waals surface area contributed by atoms with E-state index in [0.717, 1.165) is 31.9 Å². The summed E-state index contributed by atoms with van der Waals surface area (Å²) in [6, 6.07) is 14.5. The molecule has 2 aromatic rings. The van der Waals surface area contributed by atoms with Crippen LogP contribution in [0, 0.1) is 0 Å². The molecule has 0 radical (unpaired) electrons. The fraction of sp³-hybridized carbons (Fsp3) is 0.300. The Hall–Kier alpha value is -2.73. The van der Waals surface area contributed by atoms with Crippen molar-refractivity contribution in [3.05, 3.63) is 53.6 Å². The first-order chi connectivity index (χ1) is 13.0. The topological polar surface area (TPSA) is 61.9 Å². The van der Waals surface area contributed by atoms with Crippen LogP contribution in [0.15, 0.2) is 48.5 Å². The number of ether oxygens (including phenoxy) is 1. The number of halogens is 1. The second-order valence-corrected chi connectivity index (χ2v) is 6.77. The van der Waals surface area contributed by atoms with E-state index in [1.165, 1.54) is 0 Å². The molecular weight excluding hydrogens is 366 g/mol. The molecule has 0 saturated carbocycles. The van der Waals surface area contributed by atoms with Crippen LogP contribution < -0.4 is 15.0 Å². The predicted molar refractivity (Wildman–Crippen MR) is 106 cm³/mol. The molecular formula is C20H22ClN3O3. The number of carbonyl (C=O) groups excluding carboxylic acids is 2. The normalized spacial score (nSPS) is 14.0. The maximum atomic E-state index is 12.0. The zero-order valence-corrected chi connectivity index (χ0v) is 15.9. The van der Waals surface area contributed by atoms with Crippen molar-refractivity contribution in [3.8, 4) is 5.75 Å². The highest BCUT2D eigenvalue weighted by Crippen LogP contribution is 2.20. The Morgan fingerprint density at radius 1 is 1.00 bits per heavy atom. The largest absolute Gasteiger partial charge is 0.484 e. The molecule has 27 heavy (non-hydrogen) atoms. The van der Waals surface area contributed by atoms with Gasteiger partial charge in [0.15, 0.2) is 6.61 Å². The van der Waals surface area contributed by atoms with Gasteiger partial charge in [-0.1, -0.05) is 11.6 Å². The highest BCUT2D eigenvalue weighted by Gasteiger charge is 2.18. The standard InChI is InChI=1S/C20H22ClN3O3/c1-15(25)23-10-12-24(13-11-23)18-6-4-17(5-7-18)22-20(26)14-27-19-8-2-16(21)3-9-19/h2-9H,10-14H2,1H3,(H,22,26). The SMILES string of the molecule is CC(=O)N1CCN(c2ccc(NC(=O)COc3ccc(Cl)cc3)cc2)CC1. The molecule has 1 aliphatic heterocycles. The number of rotatable bonds is 5. The van der Waals surface area contributed by atoms with Gasteiger partial charge in [-0.15, -0.1) is 0 Å². The molecule has 0 spiro atoms. The minimum absolute atomic E-state index is 0.0730. The molecule has 0 atom stereocenters. The lowest BCUT2D eigenvalue weighted by molar-refractivity contribution is -0.129. The van der Waals surface area contributed by atoms with Crippen molar-refractivity contribution in [1.82, 2.24) is 4.90 Å². The number of carbonyl (C=O) groups is 2. The average molecular weight is 388 g/mol. The second kappa shape index (κ2) is 8.77. The summed E-state index contributed by atoms with van der Waals surface area (Å²) in [5.74, 6) is 0.482. The van der Waals surface area contributed by atoms with E-state index in [9.17, 15) is 9.59 Å². The second-order valence-electron chi connectivity index (χ2n) is 6.33. The molecule has 1 heterocycles. The van der Waals surface area contributed by atoms with Crippen LogP contribution in [0.25, 0.3) is 0 Å². The first-order valence-corrected chi connectivity index (χ1v) is 9.18. The molecule has 3 rings (SSSR count). The van der Waals surface area contributed by atoms with Gasteiger partial charge >= 0.3 is 0 Å². The van der Waals surface area contributed by atoms with E-state index in [-0.39, 0.29) is 18.4 Å². The van der Waals surface area contributed by atoms with Crippen molar-refractivity contribution < 1.29 is 14.3 Å². The summed E-state index contributed by atoms with van der Waals surface area (Å²) < 4.78 is 5.43. The van der Waals surface area contributed by atoms with E-state index in [0.29, 0.717) is 16.5 Å². The molecule has 0 bridgehead atoms. The number of benzene rings is 2. The minimum atomic E-state index is -0.229. The molecule has 0 unspecified atom stereocenters. The number of hydrogen-bond acceptors (Lipinski definition) is 4. The van der Waals surface area contributed by atoms with E-state index in [4.69, 9.17) is 16.3 Å². The minimum Gasteiger partial charge on any atom is -0.484 e. The van der Waals surface area contributed by atoms with Gasteiger partial charge in [-0.25, -0.2) is 0 Å². The maximum Gasteiger partial charge on any atom is 0.262 e. The van der Waals surface area contributed by atoms with Crippen LogP contribution in [0.1, 0.15) is 6.92 Å². The van der Waals surface area contributed by atoms with Crippen LogP contribution in [0.4, 0.5) is 11.4 Å². The third kappa shape index (κ3) is 5.37. The molecule has 1 N–H and O–H groups in total. The molecule has 1 saturated heterocycles. The number of nitrogens with one attached hydrogen (secondary N) is 1. The molecule has 2 amide bonds. The molecule has 142 valence electrons. The Labute approximate surface area is 163 Å². The Bertz CT molecular complexity index is 785. The monoisotopic (exact) mass is 387 g/mol. The summed E-state index contributed by atoms with van der Waals surface area (Å²) in [7, 11) is 0. The van der Waals surface area contributed by atoms with Crippen LogP contribution in [0.5, 0.6) is 5.75 Å². The van der Waals surface area contributed by atoms with Crippen molar-refractivity contribution in [2.75, 3.05) is 43.0 Å². The quantitative estimate of drug-likeness (QED) is 0.856. The summed E-state index contributed by atoms with van der Waals surface area (Å²) in [6.07, 6.45) is 0. The van der Waals surface area contributed by atoms with Crippen LogP contribution in [0.3, 0.4) is 0 Å². The Balaban J connectivity index is 1.48. The van der Waals surface area contributed by atoms with E-state index >= 15 is 0 Å². The van der Waals surface area contributed by atoms with Gasteiger partial charge < -0.3 is 19.9 Å². The van der Waals surface area contributed by atoms with Gasteiger partial charge in [-0.2, -0.15) is 0 Å². The summed E-state index contributed by atoms with van der Waals surface area (Å²) in [6.45, 7) is 4.60. The maximum absolute atomic E-state index is 12.0. The van der Waals surface area contributed by atoms with Crippen LogP contribution in [0.2, 0.25) is 5.02 Å². The number of amides is 2. The zero-order chi connectivity index (χ0) is 19.2. The van der Waals surface area contributed by atoms with Gasteiger partial charge in [0, 0.05) is 49.5 Å². The fourth-order valence-corrected chi connectivity index (χ4v) is 3.04. The van der Waals surface area contributed by atoms with E-state index in [1.54, 1.807) is 31.2 Å². The Kier molecular flexibility index (Phi) is 6.19. The molecule has 2 aromatic carbocycles. The van der Waals surface area contributed by atoms with Gasteiger partial charge in [0.05, 0.1) is 0 Å². The van der Waals surface area contributed by atoms with Gasteiger partial charge in [0.2, 0.25) is 5.91 Å². The smallest absolute Gasteiger partial charge is 0.262 e. The average Bonchev–Trinajstić information content (AvgIpc) is 2.68. The number of piperazine rings is 1. The summed E-state index contributed by atoms with van der Waals surface area (Å²) >= 11 is 5.82. The summed E-state index contributed by atoms with van der Waals surface area (Å²) in [5, 5.41) is 3.43. The highest BCUT2D eigenvalue weighted by molar-refractivity contribution is 6.30. The first kappa shape index (κ1) is 19.0. The van der Waals surface area contributed by atoms with Crippen molar-refractivity contribution in [2.24, 2.45) is 0 Å². The third-order valence-electron chi connectivity index (χ3n) is 4.42. The Morgan fingerprint density at radius 3 is 2.22 bits per heavy atom. The lowest BCUT2D eigenvalue weighted by Gasteiger charge is -2.35. The van der Waals surface area contributed by atoms with E-state index < -0.39 is 0 Å². The number of anilines is 2.